The van der Waals surface area contributed by atoms with Crippen LogP contribution in [-0.2, 0) is 23.9 Å². The molecule has 1 rings (SSSR count). The minimum atomic E-state index is -1.03. The minimum absolute atomic E-state index is 0.0792. The van der Waals surface area contributed by atoms with Gasteiger partial charge in [0.25, 0.3) is 0 Å². The molecule has 0 radical (unpaired) electrons. The fraction of sp³-hybridized carbons (Fsp3) is 0.643. The van der Waals surface area contributed by atoms with Gasteiger partial charge < -0.3 is 25.0 Å². The average Bonchev–Trinajstić information content (AvgIpc) is 2.76. The van der Waals surface area contributed by atoms with E-state index < -0.39 is 41.6 Å². The van der Waals surface area contributed by atoms with Gasteiger partial charge in [-0.2, -0.15) is 0 Å². The molecule has 0 bridgehead atoms. The van der Waals surface area contributed by atoms with Gasteiger partial charge in [-0.3, -0.25) is 14.4 Å². The first kappa shape index (κ1) is 31.9. The van der Waals surface area contributed by atoms with Crippen molar-refractivity contribution < 1.29 is 28.7 Å². The molecule has 0 heterocycles. The maximum Gasteiger partial charge on any atom is 0.408 e. The van der Waals surface area contributed by atoms with Crippen LogP contribution >= 0.6 is 0 Å². The Morgan fingerprint density at radius 3 is 2.03 bits per heavy atom. The molecule has 2 N–H and O–H groups in total. The molecule has 0 aliphatic rings. The Kier molecular flexibility index (Phi) is 12.1. The maximum atomic E-state index is 14.1. The molecule has 0 aromatic heterocycles. The summed E-state index contributed by atoms with van der Waals surface area (Å²) < 4.78 is 10.1. The number of nitrogens with zero attached hydrogens (tertiary/aromatic N) is 1. The molecule has 0 saturated carbocycles. The van der Waals surface area contributed by atoms with Crippen LogP contribution in [0.3, 0.4) is 0 Å². The second kappa shape index (κ2) is 14.0. The second-order valence-corrected chi connectivity index (χ2v) is 10.9. The van der Waals surface area contributed by atoms with Crippen molar-refractivity contribution in [1.82, 2.24) is 15.5 Å². The molecule has 3 unspecified atom stereocenters. The molecular formula is C28H45N3O6. The van der Waals surface area contributed by atoms with E-state index in [0.29, 0.717) is 18.4 Å². The lowest BCUT2D eigenvalue weighted by Crippen LogP contribution is -2.56. The Hall–Kier alpha value is -3.10. The number of rotatable bonds is 11. The lowest BCUT2D eigenvalue weighted by molar-refractivity contribution is -0.146. The average molecular weight is 520 g/mol. The SMILES string of the molecule is CCC(C)N(C(=O)C(CC(C)C)NC(=O)OC(C)(C)C)C(C(=O)NCC(=O)OC)c1cc(C)cc(C)c1. The van der Waals surface area contributed by atoms with E-state index >= 15 is 0 Å². The largest absolute Gasteiger partial charge is 0.468 e. The van der Waals surface area contributed by atoms with Crippen molar-refractivity contribution in [1.29, 1.82) is 0 Å². The van der Waals surface area contributed by atoms with Gasteiger partial charge in [-0.25, -0.2) is 4.79 Å². The second-order valence-electron chi connectivity index (χ2n) is 10.9. The van der Waals surface area contributed by atoms with Crippen LogP contribution in [0.25, 0.3) is 0 Å². The van der Waals surface area contributed by atoms with E-state index in [-0.39, 0.29) is 18.5 Å². The number of nitrogens with one attached hydrogen (secondary N) is 2. The molecule has 0 aliphatic carbocycles. The van der Waals surface area contributed by atoms with Crippen molar-refractivity contribution in [2.24, 2.45) is 5.92 Å². The Morgan fingerprint density at radius 1 is 1.00 bits per heavy atom. The van der Waals surface area contributed by atoms with Crippen molar-refractivity contribution in [2.75, 3.05) is 13.7 Å². The number of benzene rings is 1. The lowest BCUT2D eigenvalue weighted by Gasteiger charge is -2.38. The van der Waals surface area contributed by atoms with Gasteiger partial charge in [0.15, 0.2) is 0 Å². The number of carbonyl (C=O) groups excluding carboxylic acids is 4. The molecule has 208 valence electrons. The van der Waals surface area contributed by atoms with Gasteiger partial charge in [0.2, 0.25) is 11.8 Å². The van der Waals surface area contributed by atoms with Gasteiger partial charge in [-0.15, -0.1) is 0 Å². The van der Waals surface area contributed by atoms with Gasteiger partial charge in [0.05, 0.1) is 7.11 Å². The highest BCUT2D eigenvalue weighted by Gasteiger charge is 2.39. The fourth-order valence-corrected chi connectivity index (χ4v) is 4.05. The van der Waals surface area contributed by atoms with Crippen LogP contribution in [0.5, 0.6) is 0 Å². The minimum Gasteiger partial charge on any atom is -0.468 e. The maximum absolute atomic E-state index is 14.1. The summed E-state index contributed by atoms with van der Waals surface area (Å²) in [5, 5.41) is 5.35. The molecule has 3 amide bonds. The zero-order chi connectivity index (χ0) is 28.5. The number of methoxy groups -OCH3 is 1. The first-order valence-electron chi connectivity index (χ1n) is 12.8. The summed E-state index contributed by atoms with van der Waals surface area (Å²) in [7, 11) is 1.24. The van der Waals surface area contributed by atoms with E-state index in [9.17, 15) is 19.2 Å². The zero-order valence-electron chi connectivity index (χ0n) is 24.1. The van der Waals surface area contributed by atoms with Crippen LogP contribution in [0.2, 0.25) is 0 Å². The summed E-state index contributed by atoms with van der Waals surface area (Å²) in [5.41, 5.74) is 1.75. The summed E-state index contributed by atoms with van der Waals surface area (Å²) in [6.45, 7) is 16.4. The molecule has 9 heteroatoms. The van der Waals surface area contributed by atoms with Gasteiger partial charge in [0, 0.05) is 6.04 Å². The lowest BCUT2D eigenvalue weighted by atomic mass is 9.95. The summed E-state index contributed by atoms with van der Waals surface area (Å²) in [6, 6.07) is 3.41. The van der Waals surface area contributed by atoms with E-state index in [1.54, 1.807) is 20.8 Å². The number of amides is 3. The zero-order valence-corrected chi connectivity index (χ0v) is 24.1. The first-order valence-corrected chi connectivity index (χ1v) is 12.8. The number of hydrogen-bond acceptors (Lipinski definition) is 6. The monoisotopic (exact) mass is 519 g/mol. The third kappa shape index (κ3) is 10.4. The quantitative estimate of drug-likeness (QED) is 0.424. The number of esters is 1. The number of carbonyl (C=O) groups is 4. The molecule has 0 aliphatic heterocycles. The van der Waals surface area contributed by atoms with Crippen molar-refractivity contribution in [2.45, 2.75) is 98.9 Å². The standard InChI is InChI=1S/C28H45N3O6/c1-11-20(6)31(26(34)22(12-17(2)3)30-27(35)37-28(7,8)9)24(25(33)29-16-23(32)36-10)21-14-18(4)13-19(5)15-21/h13-15,17,20,22,24H,11-12,16H2,1-10H3,(H,29,33)(H,30,35). The highest BCUT2D eigenvalue weighted by molar-refractivity contribution is 5.93. The number of alkyl carbamates (subject to hydrolysis) is 1. The van der Waals surface area contributed by atoms with E-state index in [0.717, 1.165) is 11.1 Å². The third-order valence-corrected chi connectivity index (χ3v) is 5.74. The summed E-state index contributed by atoms with van der Waals surface area (Å²) >= 11 is 0. The number of hydrogen-bond donors (Lipinski definition) is 2. The van der Waals surface area contributed by atoms with E-state index in [1.165, 1.54) is 12.0 Å². The molecule has 3 atom stereocenters. The van der Waals surface area contributed by atoms with Crippen LogP contribution < -0.4 is 10.6 Å². The van der Waals surface area contributed by atoms with E-state index in [4.69, 9.17) is 4.74 Å². The van der Waals surface area contributed by atoms with Gasteiger partial charge in [-0.1, -0.05) is 50.1 Å². The smallest absolute Gasteiger partial charge is 0.408 e. The van der Waals surface area contributed by atoms with Crippen LogP contribution in [0.4, 0.5) is 4.79 Å². The predicted octanol–water partition coefficient (Wildman–Crippen LogP) is 4.20. The molecule has 1 aromatic carbocycles. The van der Waals surface area contributed by atoms with Crippen molar-refractivity contribution in [3.05, 3.63) is 34.9 Å². The summed E-state index contributed by atoms with van der Waals surface area (Å²) in [4.78, 5) is 53.7. The van der Waals surface area contributed by atoms with Crippen molar-refractivity contribution >= 4 is 23.9 Å². The first-order chi connectivity index (χ1) is 17.1. The number of aryl methyl sites for hydroxylation is 2. The van der Waals surface area contributed by atoms with Crippen molar-refractivity contribution in [3.8, 4) is 0 Å². The molecule has 1 aromatic rings. The molecular weight excluding hydrogens is 474 g/mol. The Balaban J connectivity index is 3.59. The Labute approximate surface area is 221 Å². The van der Waals surface area contributed by atoms with E-state index in [1.807, 2.05) is 59.7 Å². The van der Waals surface area contributed by atoms with Crippen LogP contribution in [0, 0.1) is 19.8 Å². The third-order valence-electron chi connectivity index (χ3n) is 5.74. The normalized spacial score (nSPS) is 13.8. The highest BCUT2D eigenvalue weighted by Crippen LogP contribution is 2.28. The highest BCUT2D eigenvalue weighted by atomic mass is 16.6. The topological polar surface area (TPSA) is 114 Å². The van der Waals surface area contributed by atoms with E-state index in [2.05, 4.69) is 15.4 Å². The predicted molar refractivity (Wildman–Crippen MR) is 143 cm³/mol. The van der Waals surface area contributed by atoms with Crippen LogP contribution in [0.1, 0.15) is 84.0 Å². The molecule has 0 fully saturated rings. The molecule has 0 spiro atoms. The molecule has 9 nitrogen and oxygen atoms in total. The van der Waals surface area contributed by atoms with Gasteiger partial charge >= 0.3 is 12.1 Å². The number of ether oxygens (including phenoxy) is 2. The van der Waals surface area contributed by atoms with Crippen LogP contribution in [-0.4, -0.2) is 60.1 Å². The summed E-state index contributed by atoms with van der Waals surface area (Å²) in [6.07, 6.45) is 0.223. The Bertz CT molecular complexity index is 933. The fourth-order valence-electron chi connectivity index (χ4n) is 4.05. The summed E-state index contributed by atoms with van der Waals surface area (Å²) in [5.74, 6) is -1.43. The van der Waals surface area contributed by atoms with Gasteiger partial charge in [0.1, 0.15) is 24.2 Å². The Morgan fingerprint density at radius 2 is 1.57 bits per heavy atom. The van der Waals surface area contributed by atoms with Crippen molar-refractivity contribution in [3.63, 3.8) is 0 Å². The molecule has 0 saturated heterocycles. The van der Waals surface area contributed by atoms with Crippen LogP contribution in [0.15, 0.2) is 18.2 Å². The van der Waals surface area contributed by atoms with Gasteiger partial charge in [-0.05, 0) is 65.9 Å². The molecule has 37 heavy (non-hydrogen) atoms.